The van der Waals surface area contributed by atoms with Gasteiger partial charge in [-0.1, -0.05) is 0 Å². The third-order valence-corrected chi connectivity index (χ3v) is 2.79. The first-order valence-corrected chi connectivity index (χ1v) is 6.40. The van der Waals surface area contributed by atoms with Crippen LogP contribution in [0.5, 0.6) is 0 Å². The second-order valence-corrected chi connectivity index (χ2v) is 5.28. The predicted octanol–water partition coefficient (Wildman–Crippen LogP) is 1.82. The van der Waals surface area contributed by atoms with E-state index >= 15 is 0 Å². The SMILES string of the molecule is CCN(CC(C)C#N)C(=O)NC(C)(C)CCC(=O)O. The lowest BCUT2D eigenvalue weighted by molar-refractivity contribution is -0.137. The van der Waals surface area contributed by atoms with Crippen molar-refractivity contribution in [3.8, 4) is 6.07 Å². The molecular formula is C13H23N3O3. The lowest BCUT2D eigenvalue weighted by Crippen LogP contribution is -2.51. The standard InChI is InChI=1S/C13H23N3O3/c1-5-16(9-10(2)8-14)12(19)15-13(3,4)7-6-11(17)18/h10H,5-7,9H2,1-4H3,(H,15,19)(H,17,18). The van der Waals surface area contributed by atoms with E-state index in [1.54, 1.807) is 25.7 Å². The molecule has 0 heterocycles. The van der Waals surface area contributed by atoms with Gasteiger partial charge < -0.3 is 15.3 Å². The van der Waals surface area contributed by atoms with Crippen LogP contribution >= 0.6 is 0 Å². The molecule has 0 rings (SSSR count). The minimum absolute atomic E-state index is 0.00794. The summed E-state index contributed by atoms with van der Waals surface area (Å²) in [6.07, 6.45) is 0.368. The van der Waals surface area contributed by atoms with Gasteiger partial charge in [0.05, 0.1) is 12.0 Å². The summed E-state index contributed by atoms with van der Waals surface area (Å²) in [6, 6.07) is 1.82. The Morgan fingerprint density at radius 3 is 2.47 bits per heavy atom. The van der Waals surface area contributed by atoms with Crippen molar-refractivity contribution < 1.29 is 14.7 Å². The van der Waals surface area contributed by atoms with Crippen molar-refractivity contribution in [2.24, 2.45) is 5.92 Å². The van der Waals surface area contributed by atoms with Gasteiger partial charge in [-0.3, -0.25) is 4.79 Å². The first kappa shape index (κ1) is 17.2. The summed E-state index contributed by atoms with van der Waals surface area (Å²) in [5.41, 5.74) is -0.585. The molecule has 0 spiro atoms. The zero-order valence-electron chi connectivity index (χ0n) is 12.1. The summed E-state index contributed by atoms with van der Waals surface area (Å²) in [6.45, 7) is 8.05. The molecule has 2 amide bonds. The van der Waals surface area contributed by atoms with Gasteiger partial charge in [0.25, 0.3) is 0 Å². The van der Waals surface area contributed by atoms with E-state index in [2.05, 4.69) is 11.4 Å². The Hall–Kier alpha value is -1.77. The van der Waals surface area contributed by atoms with Crippen molar-refractivity contribution in [2.75, 3.05) is 13.1 Å². The Kier molecular flexibility index (Phi) is 6.91. The molecule has 0 bridgehead atoms. The van der Waals surface area contributed by atoms with Gasteiger partial charge in [0.2, 0.25) is 0 Å². The van der Waals surface area contributed by atoms with Gasteiger partial charge in [0.15, 0.2) is 0 Å². The molecule has 0 saturated heterocycles. The molecule has 6 nitrogen and oxygen atoms in total. The van der Waals surface area contributed by atoms with E-state index in [-0.39, 0.29) is 18.4 Å². The molecule has 0 aliphatic carbocycles. The van der Waals surface area contributed by atoms with Crippen LogP contribution in [0, 0.1) is 17.2 Å². The van der Waals surface area contributed by atoms with Gasteiger partial charge in [0.1, 0.15) is 0 Å². The molecule has 19 heavy (non-hydrogen) atoms. The smallest absolute Gasteiger partial charge is 0.317 e. The first-order chi connectivity index (χ1) is 8.71. The molecule has 0 fully saturated rings. The molecule has 0 radical (unpaired) electrons. The zero-order valence-corrected chi connectivity index (χ0v) is 12.1. The molecule has 6 heteroatoms. The average molecular weight is 269 g/mol. The molecule has 0 aromatic carbocycles. The fourth-order valence-electron chi connectivity index (χ4n) is 1.58. The number of carboxylic acids is 1. The number of carboxylic acid groups (broad SMARTS) is 1. The number of nitriles is 1. The highest BCUT2D eigenvalue weighted by Gasteiger charge is 2.24. The van der Waals surface area contributed by atoms with Gasteiger partial charge >= 0.3 is 12.0 Å². The van der Waals surface area contributed by atoms with E-state index in [1.807, 2.05) is 6.92 Å². The van der Waals surface area contributed by atoms with Gasteiger partial charge in [-0.05, 0) is 34.1 Å². The Morgan fingerprint density at radius 1 is 1.47 bits per heavy atom. The minimum Gasteiger partial charge on any atom is -0.481 e. The number of carbonyl (C=O) groups excluding carboxylic acids is 1. The molecule has 2 N–H and O–H groups in total. The monoisotopic (exact) mass is 269 g/mol. The number of nitrogens with zero attached hydrogens (tertiary/aromatic N) is 2. The molecule has 1 unspecified atom stereocenters. The normalized spacial score (nSPS) is 12.4. The molecule has 0 aliphatic heterocycles. The van der Waals surface area contributed by atoms with Crippen molar-refractivity contribution in [1.29, 1.82) is 5.26 Å². The summed E-state index contributed by atoms with van der Waals surface area (Å²) in [5.74, 6) is -1.11. The second-order valence-electron chi connectivity index (χ2n) is 5.28. The van der Waals surface area contributed by atoms with E-state index in [9.17, 15) is 9.59 Å². The predicted molar refractivity (Wildman–Crippen MR) is 71.5 cm³/mol. The molecule has 0 aliphatic rings. The van der Waals surface area contributed by atoms with Crippen molar-refractivity contribution in [3.63, 3.8) is 0 Å². The lowest BCUT2D eigenvalue weighted by atomic mass is 9.99. The van der Waals surface area contributed by atoms with Crippen molar-refractivity contribution in [3.05, 3.63) is 0 Å². The van der Waals surface area contributed by atoms with Crippen LogP contribution in [0.15, 0.2) is 0 Å². The highest BCUT2D eigenvalue weighted by Crippen LogP contribution is 2.12. The van der Waals surface area contributed by atoms with E-state index in [0.717, 1.165) is 0 Å². The number of urea groups is 1. The number of amides is 2. The first-order valence-electron chi connectivity index (χ1n) is 6.40. The van der Waals surface area contributed by atoms with E-state index in [1.165, 1.54) is 0 Å². The summed E-state index contributed by atoms with van der Waals surface area (Å²) in [4.78, 5) is 24.1. The maximum Gasteiger partial charge on any atom is 0.317 e. The van der Waals surface area contributed by atoms with Crippen LogP contribution in [0.3, 0.4) is 0 Å². The second kappa shape index (κ2) is 7.62. The molecule has 0 aromatic heterocycles. The van der Waals surface area contributed by atoms with Crippen molar-refractivity contribution in [1.82, 2.24) is 10.2 Å². The fraction of sp³-hybridized carbons (Fsp3) is 0.769. The number of carbonyl (C=O) groups is 2. The Labute approximate surface area is 114 Å². The Balaban J connectivity index is 4.46. The maximum atomic E-state index is 12.0. The van der Waals surface area contributed by atoms with Crippen LogP contribution in [-0.2, 0) is 4.79 Å². The number of hydrogen-bond acceptors (Lipinski definition) is 3. The number of hydrogen-bond donors (Lipinski definition) is 2. The molecule has 108 valence electrons. The Morgan fingerprint density at radius 2 is 2.05 bits per heavy atom. The van der Waals surface area contributed by atoms with Crippen LogP contribution in [0.1, 0.15) is 40.5 Å². The third kappa shape index (κ3) is 7.29. The van der Waals surface area contributed by atoms with E-state index in [4.69, 9.17) is 10.4 Å². The molecule has 0 aromatic rings. The van der Waals surface area contributed by atoms with Crippen molar-refractivity contribution in [2.45, 2.75) is 46.1 Å². The van der Waals surface area contributed by atoms with Gasteiger partial charge in [-0.25, -0.2) is 4.79 Å². The van der Waals surface area contributed by atoms with Crippen LogP contribution < -0.4 is 5.32 Å². The molecule has 1 atom stereocenters. The fourth-order valence-corrected chi connectivity index (χ4v) is 1.58. The minimum atomic E-state index is -0.882. The van der Waals surface area contributed by atoms with Gasteiger partial charge in [-0.2, -0.15) is 5.26 Å². The summed E-state index contributed by atoms with van der Waals surface area (Å²) in [7, 11) is 0. The largest absolute Gasteiger partial charge is 0.481 e. The van der Waals surface area contributed by atoms with Crippen LogP contribution in [-0.4, -0.2) is 40.6 Å². The summed E-state index contributed by atoms with van der Waals surface area (Å²) >= 11 is 0. The highest BCUT2D eigenvalue weighted by molar-refractivity contribution is 5.75. The van der Waals surface area contributed by atoms with Gasteiger partial charge in [-0.15, -0.1) is 0 Å². The quantitative estimate of drug-likeness (QED) is 0.737. The topological polar surface area (TPSA) is 93.4 Å². The Bertz CT molecular complexity index is 361. The summed E-state index contributed by atoms with van der Waals surface area (Å²) < 4.78 is 0. The highest BCUT2D eigenvalue weighted by atomic mass is 16.4. The molecular weight excluding hydrogens is 246 g/mol. The third-order valence-electron chi connectivity index (χ3n) is 2.79. The van der Waals surface area contributed by atoms with Crippen LogP contribution in [0.4, 0.5) is 4.79 Å². The zero-order chi connectivity index (χ0) is 15.1. The summed E-state index contributed by atoms with van der Waals surface area (Å²) in [5, 5.41) is 20.2. The lowest BCUT2D eigenvalue weighted by Gasteiger charge is -2.30. The van der Waals surface area contributed by atoms with Crippen LogP contribution in [0.2, 0.25) is 0 Å². The van der Waals surface area contributed by atoms with Crippen LogP contribution in [0.25, 0.3) is 0 Å². The van der Waals surface area contributed by atoms with E-state index < -0.39 is 11.5 Å². The molecule has 0 saturated carbocycles. The number of nitrogens with one attached hydrogen (secondary N) is 1. The van der Waals surface area contributed by atoms with Crippen molar-refractivity contribution >= 4 is 12.0 Å². The van der Waals surface area contributed by atoms with Gasteiger partial charge in [0, 0.05) is 25.0 Å². The average Bonchev–Trinajstić information content (AvgIpc) is 2.32. The van der Waals surface area contributed by atoms with E-state index in [0.29, 0.717) is 19.5 Å². The maximum absolute atomic E-state index is 12.0. The number of rotatable bonds is 7. The number of aliphatic carboxylic acids is 1.